The van der Waals surface area contributed by atoms with E-state index in [4.69, 9.17) is 9.47 Å². The second-order valence-electron chi connectivity index (χ2n) is 6.03. The fraction of sp³-hybridized carbons (Fsp3) is 0.278. The van der Waals surface area contributed by atoms with Crippen LogP contribution in [-0.2, 0) is 13.0 Å². The van der Waals surface area contributed by atoms with Crippen molar-refractivity contribution in [3.8, 4) is 11.5 Å². The van der Waals surface area contributed by atoms with Crippen molar-refractivity contribution in [2.24, 2.45) is 0 Å². The maximum absolute atomic E-state index is 12.2. The van der Waals surface area contributed by atoms with E-state index in [0.29, 0.717) is 31.9 Å². The van der Waals surface area contributed by atoms with Gasteiger partial charge in [-0.05, 0) is 12.1 Å². The van der Waals surface area contributed by atoms with Crippen LogP contribution in [0.2, 0.25) is 0 Å². The summed E-state index contributed by atoms with van der Waals surface area (Å²) in [6, 6.07) is 7.52. The molecular formula is C18H18N6O3. The maximum Gasteiger partial charge on any atom is 0.273 e. The summed E-state index contributed by atoms with van der Waals surface area (Å²) in [5, 5.41) is 10.7. The first-order valence-electron chi connectivity index (χ1n) is 8.59. The predicted molar refractivity (Wildman–Crippen MR) is 94.4 cm³/mol. The molecule has 3 heterocycles. The van der Waals surface area contributed by atoms with E-state index in [1.54, 1.807) is 29.5 Å². The normalized spacial score (nSPS) is 15.3. The van der Waals surface area contributed by atoms with Gasteiger partial charge in [-0.1, -0.05) is 17.3 Å². The Morgan fingerprint density at radius 2 is 2.15 bits per heavy atom. The molecule has 2 aromatic heterocycles. The van der Waals surface area contributed by atoms with Crippen molar-refractivity contribution < 1.29 is 14.3 Å². The highest BCUT2D eigenvalue weighted by Crippen LogP contribution is 2.31. The zero-order chi connectivity index (χ0) is 18.5. The number of benzene rings is 1. The summed E-state index contributed by atoms with van der Waals surface area (Å²) in [6.07, 6.45) is 6.90. The molecule has 3 aromatic rings. The lowest BCUT2D eigenvalue weighted by Gasteiger charge is -2.26. The molecule has 1 N–H and O–H groups in total. The average molecular weight is 366 g/mol. The number of nitrogens with zero attached hydrogens (tertiary/aromatic N) is 5. The van der Waals surface area contributed by atoms with E-state index in [2.05, 4.69) is 25.6 Å². The second kappa shape index (κ2) is 7.81. The Balaban J connectivity index is 1.29. The van der Waals surface area contributed by atoms with Crippen LogP contribution in [0.3, 0.4) is 0 Å². The van der Waals surface area contributed by atoms with Crippen molar-refractivity contribution in [2.45, 2.75) is 19.1 Å². The summed E-state index contributed by atoms with van der Waals surface area (Å²) in [5.41, 5.74) is 1.07. The molecule has 27 heavy (non-hydrogen) atoms. The molecule has 0 bridgehead atoms. The molecule has 1 atom stereocenters. The Labute approximate surface area is 155 Å². The summed E-state index contributed by atoms with van der Waals surface area (Å²) in [6.45, 7) is 1.30. The zero-order valence-corrected chi connectivity index (χ0v) is 14.5. The maximum atomic E-state index is 12.2. The van der Waals surface area contributed by atoms with Gasteiger partial charge < -0.3 is 14.8 Å². The number of ether oxygens (including phenoxy) is 2. The number of nitrogens with one attached hydrogen (secondary N) is 1. The summed E-state index contributed by atoms with van der Waals surface area (Å²) in [5.74, 6) is 1.16. The van der Waals surface area contributed by atoms with Crippen molar-refractivity contribution in [2.75, 3.05) is 13.2 Å². The topological polar surface area (TPSA) is 104 Å². The monoisotopic (exact) mass is 366 g/mol. The van der Waals surface area contributed by atoms with Crippen LogP contribution in [0.1, 0.15) is 16.2 Å². The average Bonchev–Trinajstić information content (AvgIpc) is 3.17. The Kier molecular flexibility index (Phi) is 4.91. The van der Waals surface area contributed by atoms with Gasteiger partial charge in [-0.3, -0.25) is 14.8 Å². The number of rotatable bonds is 6. The highest BCUT2D eigenvalue weighted by atomic mass is 16.6. The van der Waals surface area contributed by atoms with Crippen LogP contribution in [0.25, 0.3) is 0 Å². The lowest BCUT2D eigenvalue weighted by Crippen LogP contribution is -2.33. The molecule has 1 aliphatic heterocycles. The van der Waals surface area contributed by atoms with Crippen LogP contribution in [0.5, 0.6) is 11.5 Å². The zero-order valence-electron chi connectivity index (χ0n) is 14.5. The van der Waals surface area contributed by atoms with Gasteiger partial charge in [0.15, 0.2) is 23.3 Å². The molecule has 0 saturated carbocycles. The number of fused-ring (bicyclic) bond motifs is 1. The van der Waals surface area contributed by atoms with Crippen molar-refractivity contribution in [3.63, 3.8) is 0 Å². The fourth-order valence-electron chi connectivity index (χ4n) is 2.71. The molecule has 138 valence electrons. The van der Waals surface area contributed by atoms with Crippen molar-refractivity contribution in [1.29, 1.82) is 0 Å². The molecule has 1 amide bonds. The van der Waals surface area contributed by atoms with E-state index in [1.807, 2.05) is 24.3 Å². The van der Waals surface area contributed by atoms with Crippen LogP contribution in [0, 0.1) is 0 Å². The van der Waals surface area contributed by atoms with Crippen LogP contribution < -0.4 is 14.8 Å². The van der Waals surface area contributed by atoms with E-state index < -0.39 is 0 Å². The molecule has 4 rings (SSSR count). The van der Waals surface area contributed by atoms with E-state index in [-0.39, 0.29) is 17.7 Å². The van der Waals surface area contributed by atoms with E-state index in [9.17, 15) is 4.79 Å². The number of carbonyl (C=O) groups is 1. The number of aromatic nitrogens is 5. The molecule has 0 spiro atoms. The standard InChI is InChI=1S/C18H18N6O3/c25-18(21-6-5-13-9-19-7-8-20-13)15-11-24(23-22-15)10-14-12-26-16-3-1-2-4-17(16)27-14/h1-4,7-9,11,14H,5-6,10,12H2,(H,21,25)/t14-/m1/s1. The first-order valence-corrected chi connectivity index (χ1v) is 8.59. The largest absolute Gasteiger partial charge is 0.486 e. The van der Waals surface area contributed by atoms with Gasteiger partial charge in [-0.15, -0.1) is 5.10 Å². The molecule has 0 unspecified atom stereocenters. The highest BCUT2D eigenvalue weighted by molar-refractivity contribution is 5.91. The molecule has 0 saturated heterocycles. The first kappa shape index (κ1) is 17.0. The summed E-state index contributed by atoms with van der Waals surface area (Å²) in [4.78, 5) is 20.3. The van der Waals surface area contributed by atoms with Crippen LogP contribution in [0.15, 0.2) is 49.1 Å². The van der Waals surface area contributed by atoms with Gasteiger partial charge in [0.1, 0.15) is 6.61 Å². The number of hydrogen-bond acceptors (Lipinski definition) is 7. The highest BCUT2D eigenvalue weighted by Gasteiger charge is 2.22. The lowest BCUT2D eigenvalue weighted by molar-refractivity contribution is 0.0754. The Bertz CT molecular complexity index is 914. The fourth-order valence-corrected chi connectivity index (χ4v) is 2.71. The summed E-state index contributed by atoms with van der Waals surface area (Å²) in [7, 11) is 0. The Morgan fingerprint density at radius 1 is 1.26 bits per heavy atom. The molecule has 0 aliphatic carbocycles. The van der Waals surface area contributed by atoms with Gasteiger partial charge in [0, 0.05) is 31.6 Å². The van der Waals surface area contributed by atoms with Crippen LogP contribution in [-0.4, -0.2) is 50.1 Å². The number of para-hydroxylation sites is 2. The smallest absolute Gasteiger partial charge is 0.273 e. The van der Waals surface area contributed by atoms with Crippen LogP contribution >= 0.6 is 0 Å². The molecular weight excluding hydrogens is 348 g/mol. The van der Waals surface area contributed by atoms with E-state index in [0.717, 1.165) is 11.4 Å². The minimum Gasteiger partial charge on any atom is -0.486 e. The third-order valence-electron chi connectivity index (χ3n) is 4.01. The summed E-state index contributed by atoms with van der Waals surface area (Å²) >= 11 is 0. The molecule has 9 nitrogen and oxygen atoms in total. The molecule has 1 aromatic carbocycles. The molecule has 9 heteroatoms. The lowest BCUT2D eigenvalue weighted by atomic mass is 10.2. The minimum atomic E-state index is -0.281. The van der Waals surface area contributed by atoms with E-state index in [1.165, 1.54) is 0 Å². The third-order valence-corrected chi connectivity index (χ3v) is 4.01. The van der Waals surface area contributed by atoms with Gasteiger partial charge in [0.05, 0.1) is 18.4 Å². The van der Waals surface area contributed by atoms with Crippen molar-refractivity contribution in [3.05, 3.63) is 60.4 Å². The van der Waals surface area contributed by atoms with E-state index >= 15 is 0 Å². The minimum absolute atomic E-state index is 0.200. The van der Waals surface area contributed by atoms with Crippen molar-refractivity contribution >= 4 is 5.91 Å². The quantitative estimate of drug-likeness (QED) is 0.690. The Hall–Kier alpha value is -3.49. The third kappa shape index (κ3) is 4.20. The molecule has 0 radical (unpaired) electrons. The first-order chi connectivity index (χ1) is 13.3. The SMILES string of the molecule is O=C(NCCc1cnccn1)c1cn(C[C@@H]2COc3ccccc3O2)nn1. The second-order valence-corrected chi connectivity index (χ2v) is 6.03. The summed E-state index contributed by atoms with van der Waals surface area (Å²) < 4.78 is 13.2. The number of amides is 1. The van der Waals surface area contributed by atoms with Gasteiger partial charge in [-0.2, -0.15) is 0 Å². The number of hydrogen-bond donors (Lipinski definition) is 1. The number of carbonyl (C=O) groups excluding carboxylic acids is 1. The molecule has 0 fully saturated rings. The van der Waals surface area contributed by atoms with Gasteiger partial charge in [0.25, 0.3) is 5.91 Å². The predicted octanol–water partition coefficient (Wildman–Crippen LogP) is 0.881. The van der Waals surface area contributed by atoms with Gasteiger partial charge in [0.2, 0.25) is 0 Å². The molecule has 1 aliphatic rings. The van der Waals surface area contributed by atoms with Gasteiger partial charge >= 0.3 is 0 Å². The Morgan fingerprint density at radius 3 is 3.00 bits per heavy atom. The van der Waals surface area contributed by atoms with Crippen LogP contribution in [0.4, 0.5) is 0 Å². The van der Waals surface area contributed by atoms with Gasteiger partial charge in [-0.25, -0.2) is 4.68 Å². The van der Waals surface area contributed by atoms with Crippen molar-refractivity contribution in [1.82, 2.24) is 30.3 Å².